The first-order valence-electron chi connectivity index (χ1n) is 26.4. The van der Waals surface area contributed by atoms with Crippen molar-refractivity contribution in [1.82, 2.24) is 57.8 Å². The lowest BCUT2D eigenvalue weighted by Gasteiger charge is -2.10. The Morgan fingerprint density at radius 1 is 0.200 bits per heavy atom. The summed E-state index contributed by atoms with van der Waals surface area (Å²) >= 11 is 0. The minimum atomic E-state index is 0.598. The summed E-state index contributed by atoms with van der Waals surface area (Å²) in [7, 11) is 0. The number of hydrogen-bond donors (Lipinski definition) is 0. The second-order valence-electron chi connectivity index (χ2n) is 19.7. The summed E-state index contributed by atoms with van der Waals surface area (Å²) in [5.74, 6) is 5.31. The third-order valence-corrected chi connectivity index (χ3v) is 14.9. The zero-order valence-corrected chi connectivity index (χ0v) is 42.6. The van der Waals surface area contributed by atoms with Gasteiger partial charge in [-0.3, -0.25) is 17.9 Å². The molecule has 0 aliphatic rings. The van der Waals surface area contributed by atoms with Gasteiger partial charge in [-0.1, -0.05) is 158 Å². The lowest BCUT2D eigenvalue weighted by Crippen LogP contribution is -2.00. The average Bonchev–Trinajstić information content (AvgIpc) is 4.48. The highest BCUT2D eigenvalue weighted by Gasteiger charge is 2.22. The Balaban J connectivity index is 0.799. The van der Waals surface area contributed by atoms with Gasteiger partial charge in [-0.15, -0.1) is 0 Å². The minimum Gasteiger partial charge on any atom is -0.278 e. The molecule has 0 fully saturated rings. The Kier molecular flexibility index (Phi) is 10.2. The molecule has 0 saturated carbocycles. The van der Waals surface area contributed by atoms with Crippen LogP contribution in [0.3, 0.4) is 0 Å². The summed E-state index contributed by atoms with van der Waals surface area (Å²) in [6.45, 7) is 0. The van der Waals surface area contributed by atoms with Crippen molar-refractivity contribution in [1.29, 1.82) is 0 Å². The maximum Gasteiger partial charge on any atom is 0.220 e. The van der Waals surface area contributed by atoms with Crippen LogP contribution in [0.15, 0.2) is 255 Å². The molecule has 374 valence electrons. The van der Waals surface area contributed by atoms with Gasteiger partial charge in [0.1, 0.15) is 0 Å². The zero-order valence-electron chi connectivity index (χ0n) is 42.6. The lowest BCUT2D eigenvalue weighted by molar-refractivity contribution is 1.07. The molecule has 0 N–H and O–H groups in total. The second-order valence-corrected chi connectivity index (χ2v) is 19.7. The Morgan fingerprint density at radius 2 is 0.475 bits per heavy atom. The number of benzene rings is 10. The van der Waals surface area contributed by atoms with Gasteiger partial charge in [0.25, 0.3) is 0 Å². The van der Waals surface area contributed by atoms with Gasteiger partial charge in [0.05, 0.1) is 44.1 Å². The number of rotatable bonds is 9. The van der Waals surface area contributed by atoms with Crippen molar-refractivity contribution in [3.05, 3.63) is 255 Å². The van der Waals surface area contributed by atoms with E-state index in [2.05, 4.69) is 139 Å². The molecule has 80 heavy (non-hydrogen) atoms. The van der Waals surface area contributed by atoms with Crippen LogP contribution in [0, 0.1) is 0 Å². The summed E-state index contributed by atoms with van der Waals surface area (Å²) in [4.78, 5) is 40.3. The summed E-state index contributed by atoms with van der Waals surface area (Å²) in [6.07, 6.45) is 0. The van der Waals surface area contributed by atoms with E-state index < -0.39 is 0 Å². The van der Waals surface area contributed by atoms with Gasteiger partial charge in [0.2, 0.25) is 11.6 Å². The van der Waals surface area contributed by atoms with Gasteiger partial charge < -0.3 is 0 Å². The molecule has 16 aromatic rings. The zero-order chi connectivity index (χ0) is 52.7. The molecule has 12 heteroatoms. The molecule has 0 bridgehead atoms. The number of imidazole rings is 4. The van der Waals surface area contributed by atoms with Crippen molar-refractivity contribution in [2.24, 2.45) is 0 Å². The Hall–Kier alpha value is -11.2. The molecule has 0 spiro atoms. The molecule has 12 nitrogen and oxygen atoms in total. The Morgan fingerprint density at radius 3 is 0.800 bits per heavy atom. The van der Waals surface area contributed by atoms with Crippen molar-refractivity contribution in [2.75, 3.05) is 0 Å². The maximum absolute atomic E-state index is 5.26. The van der Waals surface area contributed by atoms with E-state index in [-0.39, 0.29) is 0 Å². The van der Waals surface area contributed by atoms with E-state index in [0.29, 0.717) is 34.9 Å². The maximum atomic E-state index is 5.26. The number of fused-ring (bicyclic) bond motifs is 10. The minimum absolute atomic E-state index is 0.598. The van der Waals surface area contributed by atoms with Crippen LogP contribution in [0.1, 0.15) is 0 Å². The molecule has 10 aromatic carbocycles. The third-order valence-electron chi connectivity index (χ3n) is 14.9. The van der Waals surface area contributed by atoms with Gasteiger partial charge in [0, 0.05) is 44.8 Å². The monoisotopic (exact) mass is 1030 g/mol. The van der Waals surface area contributed by atoms with E-state index >= 15 is 0 Å². The van der Waals surface area contributed by atoms with Crippen LogP contribution in [0.2, 0.25) is 0 Å². The first kappa shape index (κ1) is 45.0. The van der Waals surface area contributed by atoms with Crippen LogP contribution in [-0.4, -0.2) is 57.8 Å². The van der Waals surface area contributed by atoms with Crippen LogP contribution in [0.25, 0.3) is 147 Å². The third kappa shape index (κ3) is 7.46. The van der Waals surface area contributed by atoms with E-state index in [0.717, 1.165) is 112 Å². The van der Waals surface area contributed by atoms with Crippen LogP contribution in [-0.2, 0) is 0 Å². The summed E-state index contributed by atoms with van der Waals surface area (Å²) in [5.41, 5.74) is 17.5. The molecule has 6 aromatic heterocycles. The number of nitrogens with zero attached hydrogens (tertiary/aromatic N) is 12. The molecular formula is C68H42N12. The quantitative estimate of drug-likeness (QED) is 0.140. The first-order valence-corrected chi connectivity index (χ1v) is 26.4. The standard InChI is InChI=1S/C68H42N12/c1-5-17-43(18-6-1)61-71-62(44-19-7-2-8-20-44)74-65(73-61)47-29-35-51(36-30-47)77-57-39-33-49(41-59(57)79-55-27-15-13-25-53(55)69-67(77)79)50-34-40-58-60(42-50)80-56-28-16-14-26-54(56)70-68(80)78(58)52-37-31-48(32-38-52)66-75-63(45-21-9-3-10-22-45)72-64(76-66)46-23-11-4-12-24-46/h1-42H. The fourth-order valence-electron chi connectivity index (χ4n) is 11.1. The smallest absolute Gasteiger partial charge is 0.220 e. The van der Waals surface area contributed by atoms with Crippen molar-refractivity contribution in [3.8, 4) is 90.8 Å². The molecule has 0 unspecified atom stereocenters. The number of para-hydroxylation sites is 4. The predicted octanol–water partition coefficient (Wildman–Crippen LogP) is 15.2. The van der Waals surface area contributed by atoms with Crippen LogP contribution in [0.4, 0.5) is 0 Å². The second kappa shape index (κ2) is 18.2. The molecule has 0 atom stereocenters. The molecule has 16 rings (SSSR count). The molecule has 0 radical (unpaired) electrons. The normalized spacial score (nSPS) is 11.8. The molecule has 6 heterocycles. The summed E-state index contributed by atoms with van der Waals surface area (Å²) in [5, 5.41) is 0. The highest BCUT2D eigenvalue weighted by Crippen LogP contribution is 2.37. The van der Waals surface area contributed by atoms with Crippen molar-refractivity contribution in [3.63, 3.8) is 0 Å². The van der Waals surface area contributed by atoms with Crippen molar-refractivity contribution >= 4 is 55.7 Å². The highest BCUT2D eigenvalue weighted by atomic mass is 15.2. The lowest BCUT2D eigenvalue weighted by atomic mass is 10.0. The largest absolute Gasteiger partial charge is 0.278 e. The van der Waals surface area contributed by atoms with Gasteiger partial charge in [-0.25, -0.2) is 39.9 Å². The number of aromatic nitrogens is 12. The van der Waals surface area contributed by atoms with Crippen molar-refractivity contribution in [2.45, 2.75) is 0 Å². The molecule has 0 aliphatic carbocycles. The van der Waals surface area contributed by atoms with Crippen LogP contribution < -0.4 is 0 Å². The Labute approximate surface area is 457 Å². The SMILES string of the molecule is c1ccc(-c2nc(-c3ccccc3)nc(-c3ccc(-n4c5ccc(-c6ccc7c(c6)n6c8ccccc8nc6n7-c6ccc(-c7nc(-c8ccccc8)nc(-c8ccccc8)n7)cc6)cc5n5c6ccccc6nc45)cc3)n2)cc1. The van der Waals surface area contributed by atoms with E-state index in [1.54, 1.807) is 0 Å². The summed E-state index contributed by atoms with van der Waals surface area (Å²) < 4.78 is 9.02. The van der Waals surface area contributed by atoms with Gasteiger partial charge in [-0.2, -0.15) is 0 Å². The van der Waals surface area contributed by atoms with Gasteiger partial charge in [-0.05, 0) is 108 Å². The predicted molar refractivity (Wildman–Crippen MR) is 317 cm³/mol. The number of hydrogen-bond acceptors (Lipinski definition) is 8. The van der Waals surface area contributed by atoms with E-state index in [9.17, 15) is 0 Å². The van der Waals surface area contributed by atoms with Gasteiger partial charge in [0.15, 0.2) is 34.9 Å². The fraction of sp³-hybridized carbons (Fsp3) is 0. The van der Waals surface area contributed by atoms with E-state index in [4.69, 9.17) is 39.9 Å². The van der Waals surface area contributed by atoms with Gasteiger partial charge >= 0.3 is 0 Å². The van der Waals surface area contributed by atoms with E-state index in [1.807, 2.05) is 133 Å². The topological polar surface area (TPSA) is 122 Å². The molecule has 0 aliphatic heterocycles. The van der Waals surface area contributed by atoms with Crippen LogP contribution >= 0.6 is 0 Å². The van der Waals surface area contributed by atoms with Crippen LogP contribution in [0.5, 0.6) is 0 Å². The Bertz CT molecular complexity index is 4590. The molecule has 0 saturated heterocycles. The van der Waals surface area contributed by atoms with Crippen molar-refractivity contribution < 1.29 is 0 Å². The van der Waals surface area contributed by atoms with E-state index in [1.165, 1.54) is 0 Å². The average molecular weight is 1030 g/mol. The highest BCUT2D eigenvalue weighted by molar-refractivity contribution is 5.97. The molecule has 0 amide bonds. The molecular weight excluding hydrogens is 985 g/mol. The fourth-order valence-corrected chi connectivity index (χ4v) is 11.1. The summed E-state index contributed by atoms with van der Waals surface area (Å²) in [6, 6.07) is 87.1. The first-order chi connectivity index (χ1) is 39.6.